The van der Waals surface area contributed by atoms with Crippen LogP contribution in [-0.2, 0) is 20.9 Å². The maximum Gasteiger partial charge on any atom is 0.326 e. The molecule has 0 saturated heterocycles. The number of carbonyl (C=O) groups is 3. The first-order chi connectivity index (χ1) is 15.4. The van der Waals surface area contributed by atoms with Gasteiger partial charge in [-0.3, -0.25) is 14.4 Å². The van der Waals surface area contributed by atoms with Gasteiger partial charge in [-0.05, 0) is 30.7 Å². The number of nitrogens with one attached hydrogen (secondary N) is 2. The monoisotopic (exact) mass is 474 g/mol. The van der Waals surface area contributed by atoms with Crippen molar-refractivity contribution in [3.8, 4) is 11.5 Å². The topological polar surface area (TPSA) is 103 Å². The van der Waals surface area contributed by atoms with Gasteiger partial charge < -0.3 is 24.8 Å². The van der Waals surface area contributed by atoms with Crippen molar-refractivity contribution in [2.75, 3.05) is 13.3 Å². The zero-order valence-electron chi connectivity index (χ0n) is 17.0. The van der Waals surface area contributed by atoms with Crippen molar-refractivity contribution in [3.63, 3.8) is 0 Å². The molecule has 0 aliphatic carbocycles. The van der Waals surface area contributed by atoms with Crippen LogP contribution in [0.15, 0.2) is 42.5 Å². The highest BCUT2D eigenvalue weighted by atomic mass is 35.5. The van der Waals surface area contributed by atoms with Gasteiger partial charge in [0.15, 0.2) is 17.6 Å². The van der Waals surface area contributed by atoms with E-state index >= 15 is 0 Å². The lowest BCUT2D eigenvalue weighted by molar-refractivity contribution is -0.153. The molecule has 2 N–H and O–H groups in total. The van der Waals surface area contributed by atoms with Crippen molar-refractivity contribution in [1.29, 1.82) is 0 Å². The molecule has 1 aromatic heterocycles. The Labute approximate surface area is 192 Å². The molecule has 3 aromatic rings. The number of rotatable bonds is 7. The summed E-state index contributed by atoms with van der Waals surface area (Å²) in [6.07, 6.45) is -1.03. The summed E-state index contributed by atoms with van der Waals surface area (Å²) in [4.78, 5) is 37.0. The summed E-state index contributed by atoms with van der Waals surface area (Å²) in [5.41, 5.74) is 0.814. The molecule has 4 rings (SSSR count). The standard InChI is InChI=1S/C22H19ClN2O6S/c1-12(21(27)24-9-13-6-7-15-16(8-13)30-11-29-15)31-18(26)10-25-22(28)20-19(23)14-4-2-3-5-17(14)32-20/h2-8,12H,9-11H2,1H3,(H,24,27)(H,25,28)/t12-/m0/s1. The fraction of sp³-hybridized carbons (Fsp3) is 0.227. The fourth-order valence-electron chi connectivity index (χ4n) is 3.07. The molecule has 2 aromatic carbocycles. The van der Waals surface area contributed by atoms with Crippen LogP contribution in [0.5, 0.6) is 11.5 Å². The molecule has 2 heterocycles. The summed E-state index contributed by atoms with van der Waals surface area (Å²) in [5.74, 6) is -0.406. The Morgan fingerprint density at radius 2 is 1.91 bits per heavy atom. The first kappa shape index (κ1) is 21.9. The number of hydrogen-bond donors (Lipinski definition) is 2. The largest absolute Gasteiger partial charge is 0.454 e. The number of hydrogen-bond acceptors (Lipinski definition) is 7. The summed E-state index contributed by atoms with van der Waals surface area (Å²) < 4.78 is 16.5. The zero-order chi connectivity index (χ0) is 22.7. The van der Waals surface area contributed by atoms with E-state index in [1.807, 2.05) is 24.3 Å². The second-order valence-electron chi connectivity index (χ2n) is 6.96. The molecule has 1 atom stereocenters. The molecule has 1 aliphatic rings. The van der Waals surface area contributed by atoms with Crippen LogP contribution in [0.4, 0.5) is 0 Å². The minimum atomic E-state index is -1.03. The van der Waals surface area contributed by atoms with Crippen LogP contribution < -0.4 is 20.1 Å². The Hall–Kier alpha value is -3.30. The maximum absolute atomic E-state index is 12.4. The Balaban J connectivity index is 1.24. The van der Waals surface area contributed by atoms with Gasteiger partial charge in [0, 0.05) is 16.6 Å². The number of halogens is 1. The number of amides is 2. The van der Waals surface area contributed by atoms with Gasteiger partial charge in [-0.25, -0.2) is 0 Å². The summed E-state index contributed by atoms with van der Waals surface area (Å²) in [5, 5.41) is 6.29. The number of thiophene rings is 1. The highest BCUT2D eigenvalue weighted by Gasteiger charge is 2.21. The van der Waals surface area contributed by atoms with Crippen molar-refractivity contribution >= 4 is 50.8 Å². The summed E-state index contributed by atoms with van der Waals surface area (Å²) in [6, 6.07) is 12.7. The van der Waals surface area contributed by atoms with Crippen LogP contribution in [0, 0.1) is 0 Å². The molecule has 2 amide bonds. The summed E-state index contributed by atoms with van der Waals surface area (Å²) in [6.45, 7) is 1.48. The highest BCUT2D eigenvalue weighted by molar-refractivity contribution is 7.21. The van der Waals surface area contributed by atoms with Crippen molar-refractivity contribution in [3.05, 3.63) is 57.9 Å². The van der Waals surface area contributed by atoms with E-state index in [4.69, 9.17) is 25.8 Å². The van der Waals surface area contributed by atoms with E-state index in [9.17, 15) is 14.4 Å². The van der Waals surface area contributed by atoms with Crippen LogP contribution in [0.2, 0.25) is 5.02 Å². The van der Waals surface area contributed by atoms with Crippen molar-refractivity contribution in [2.45, 2.75) is 19.6 Å². The third-order valence-electron chi connectivity index (χ3n) is 4.72. The van der Waals surface area contributed by atoms with E-state index in [1.165, 1.54) is 18.3 Å². The first-order valence-corrected chi connectivity index (χ1v) is 10.9. The predicted molar refractivity (Wildman–Crippen MR) is 119 cm³/mol. The van der Waals surface area contributed by atoms with Crippen molar-refractivity contribution < 1.29 is 28.6 Å². The Bertz CT molecular complexity index is 1190. The fourth-order valence-corrected chi connectivity index (χ4v) is 4.50. The van der Waals surface area contributed by atoms with Crippen LogP contribution in [0.25, 0.3) is 10.1 Å². The quantitative estimate of drug-likeness (QED) is 0.509. The molecule has 10 heteroatoms. The number of benzene rings is 2. The lowest BCUT2D eigenvalue weighted by atomic mass is 10.2. The van der Waals surface area contributed by atoms with E-state index in [0.717, 1.165) is 15.6 Å². The van der Waals surface area contributed by atoms with Gasteiger partial charge >= 0.3 is 5.97 Å². The number of carbonyl (C=O) groups excluding carboxylic acids is 3. The van der Waals surface area contributed by atoms with Crippen LogP contribution in [0.1, 0.15) is 22.2 Å². The van der Waals surface area contributed by atoms with Gasteiger partial charge in [0.25, 0.3) is 11.8 Å². The third kappa shape index (κ3) is 4.79. The number of esters is 1. The number of fused-ring (bicyclic) bond motifs is 2. The SMILES string of the molecule is C[C@H](OC(=O)CNC(=O)c1sc2ccccc2c1Cl)C(=O)NCc1ccc2c(c1)OCO2. The zero-order valence-corrected chi connectivity index (χ0v) is 18.5. The molecule has 8 nitrogen and oxygen atoms in total. The van der Waals surface area contributed by atoms with Gasteiger partial charge in [0.2, 0.25) is 6.79 Å². The lowest BCUT2D eigenvalue weighted by Gasteiger charge is -2.14. The van der Waals surface area contributed by atoms with Gasteiger partial charge in [-0.2, -0.15) is 0 Å². The van der Waals surface area contributed by atoms with Gasteiger partial charge in [-0.15, -0.1) is 11.3 Å². The molecular formula is C22H19ClN2O6S. The molecule has 1 aliphatic heterocycles. The Morgan fingerprint density at radius 3 is 2.72 bits per heavy atom. The number of ether oxygens (including phenoxy) is 3. The van der Waals surface area contributed by atoms with Crippen LogP contribution >= 0.6 is 22.9 Å². The Morgan fingerprint density at radius 1 is 1.12 bits per heavy atom. The molecule has 0 radical (unpaired) electrons. The minimum Gasteiger partial charge on any atom is -0.454 e. The summed E-state index contributed by atoms with van der Waals surface area (Å²) >= 11 is 7.51. The second kappa shape index (κ2) is 9.46. The molecule has 166 valence electrons. The summed E-state index contributed by atoms with van der Waals surface area (Å²) in [7, 11) is 0. The van der Waals surface area contributed by atoms with Gasteiger partial charge in [-0.1, -0.05) is 35.9 Å². The van der Waals surface area contributed by atoms with Crippen LogP contribution in [0.3, 0.4) is 0 Å². The second-order valence-corrected chi connectivity index (χ2v) is 8.39. The average Bonchev–Trinajstić information content (AvgIpc) is 3.40. The molecule has 0 fully saturated rings. The van der Waals surface area contributed by atoms with E-state index in [2.05, 4.69) is 10.6 Å². The lowest BCUT2D eigenvalue weighted by Crippen LogP contribution is -2.38. The molecule has 32 heavy (non-hydrogen) atoms. The molecule has 0 saturated carbocycles. The van der Waals surface area contributed by atoms with E-state index < -0.39 is 23.9 Å². The molecular weight excluding hydrogens is 456 g/mol. The normalized spacial score (nSPS) is 12.9. The molecule has 0 bridgehead atoms. The van der Waals surface area contributed by atoms with Gasteiger partial charge in [0.1, 0.15) is 11.4 Å². The maximum atomic E-state index is 12.4. The first-order valence-electron chi connectivity index (χ1n) is 9.73. The third-order valence-corrected chi connectivity index (χ3v) is 6.39. The van der Waals surface area contributed by atoms with E-state index in [0.29, 0.717) is 21.4 Å². The smallest absolute Gasteiger partial charge is 0.326 e. The average molecular weight is 475 g/mol. The van der Waals surface area contributed by atoms with E-state index in [-0.39, 0.29) is 19.9 Å². The van der Waals surface area contributed by atoms with Crippen molar-refractivity contribution in [2.24, 2.45) is 0 Å². The predicted octanol–water partition coefficient (Wildman–Crippen LogP) is 3.26. The molecule has 0 spiro atoms. The molecule has 0 unspecified atom stereocenters. The van der Waals surface area contributed by atoms with Crippen molar-refractivity contribution in [1.82, 2.24) is 10.6 Å². The van der Waals surface area contributed by atoms with Gasteiger partial charge in [0.05, 0.1) is 5.02 Å². The van der Waals surface area contributed by atoms with Crippen LogP contribution in [-0.4, -0.2) is 37.2 Å². The van der Waals surface area contributed by atoms with E-state index in [1.54, 1.807) is 18.2 Å². The highest BCUT2D eigenvalue weighted by Crippen LogP contribution is 2.35. The Kier molecular flexibility index (Phi) is 6.48. The minimum absolute atomic E-state index is 0.170.